The lowest BCUT2D eigenvalue weighted by Crippen LogP contribution is -2.35. The second-order valence-electron chi connectivity index (χ2n) is 7.57. The highest BCUT2D eigenvalue weighted by atomic mass is 16.3. The Balaban J connectivity index is 1.67. The van der Waals surface area contributed by atoms with E-state index in [-0.39, 0.29) is 18.0 Å². The van der Waals surface area contributed by atoms with Crippen molar-refractivity contribution in [3.63, 3.8) is 0 Å². The summed E-state index contributed by atoms with van der Waals surface area (Å²) in [5.74, 6) is 1.37. The summed E-state index contributed by atoms with van der Waals surface area (Å²) in [6.07, 6.45) is 5.25. The molecule has 1 aliphatic rings. The van der Waals surface area contributed by atoms with Crippen LogP contribution in [0.5, 0.6) is 0 Å². The molecule has 4 heterocycles. The summed E-state index contributed by atoms with van der Waals surface area (Å²) >= 11 is 0. The van der Waals surface area contributed by atoms with Gasteiger partial charge in [0, 0.05) is 13.1 Å². The van der Waals surface area contributed by atoms with Crippen molar-refractivity contribution in [1.82, 2.24) is 19.7 Å². The van der Waals surface area contributed by atoms with Gasteiger partial charge in [0.15, 0.2) is 11.4 Å². The van der Waals surface area contributed by atoms with Crippen molar-refractivity contribution in [3.05, 3.63) is 59.9 Å². The van der Waals surface area contributed by atoms with E-state index in [1.165, 1.54) is 0 Å². The van der Waals surface area contributed by atoms with E-state index in [0.717, 1.165) is 29.7 Å². The SMILES string of the molecule is Cc1nn(C)c2nc(-c3ccco3)cc(C(=O)N(C3CC3)C(C)c3ccco3)c12. The summed E-state index contributed by atoms with van der Waals surface area (Å²) in [5.41, 5.74) is 2.67. The Bertz CT molecular complexity index is 1170. The van der Waals surface area contributed by atoms with Gasteiger partial charge in [-0.25, -0.2) is 4.98 Å². The maximum atomic E-state index is 13.8. The van der Waals surface area contributed by atoms with Gasteiger partial charge in [-0.1, -0.05) is 0 Å². The Morgan fingerprint density at radius 2 is 2.00 bits per heavy atom. The Morgan fingerprint density at radius 1 is 1.24 bits per heavy atom. The molecule has 1 unspecified atom stereocenters. The molecule has 0 aliphatic heterocycles. The maximum absolute atomic E-state index is 13.8. The van der Waals surface area contributed by atoms with Crippen molar-refractivity contribution in [2.75, 3.05) is 0 Å². The van der Waals surface area contributed by atoms with Crippen LogP contribution in [0.25, 0.3) is 22.5 Å². The zero-order valence-corrected chi connectivity index (χ0v) is 16.6. The van der Waals surface area contributed by atoms with Crippen LogP contribution in [0.2, 0.25) is 0 Å². The minimum absolute atomic E-state index is 0.0345. The van der Waals surface area contributed by atoms with E-state index in [4.69, 9.17) is 13.8 Å². The molecule has 29 heavy (non-hydrogen) atoms. The van der Waals surface area contributed by atoms with Gasteiger partial charge in [-0.3, -0.25) is 9.48 Å². The second kappa shape index (κ2) is 6.62. The van der Waals surface area contributed by atoms with Gasteiger partial charge in [0.25, 0.3) is 5.91 Å². The predicted molar refractivity (Wildman–Crippen MR) is 107 cm³/mol. The van der Waals surface area contributed by atoms with Gasteiger partial charge in [0.1, 0.15) is 11.5 Å². The Labute approximate surface area is 167 Å². The topological polar surface area (TPSA) is 77.3 Å². The monoisotopic (exact) mass is 390 g/mol. The first kappa shape index (κ1) is 17.7. The van der Waals surface area contributed by atoms with E-state index in [9.17, 15) is 4.79 Å². The molecule has 0 N–H and O–H groups in total. The fourth-order valence-electron chi connectivity index (χ4n) is 3.98. The van der Waals surface area contributed by atoms with Gasteiger partial charge in [-0.05, 0) is 57.0 Å². The molecule has 1 atom stereocenters. The van der Waals surface area contributed by atoms with Gasteiger partial charge in [-0.15, -0.1) is 0 Å². The molecule has 4 aromatic heterocycles. The second-order valence-corrected chi connectivity index (χ2v) is 7.57. The molecule has 0 aromatic carbocycles. The lowest BCUT2D eigenvalue weighted by atomic mass is 10.1. The molecule has 0 spiro atoms. The molecule has 7 nitrogen and oxygen atoms in total. The van der Waals surface area contributed by atoms with Crippen LogP contribution in [0.1, 0.15) is 47.6 Å². The molecular weight excluding hydrogens is 368 g/mol. The number of carbonyl (C=O) groups is 1. The zero-order valence-electron chi connectivity index (χ0n) is 16.6. The minimum Gasteiger partial charge on any atom is -0.467 e. The molecule has 7 heteroatoms. The van der Waals surface area contributed by atoms with Crippen molar-refractivity contribution < 1.29 is 13.6 Å². The maximum Gasteiger partial charge on any atom is 0.255 e. The number of furan rings is 2. The molecule has 5 rings (SSSR count). The number of aromatic nitrogens is 3. The van der Waals surface area contributed by atoms with Crippen LogP contribution in [-0.4, -0.2) is 31.6 Å². The summed E-state index contributed by atoms with van der Waals surface area (Å²) < 4.78 is 12.9. The highest BCUT2D eigenvalue weighted by Gasteiger charge is 2.38. The summed E-state index contributed by atoms with van der Waals surface area (Å²) in [6, 6.07) is 9.31. The van der Waals surface area contributed by atoms with Crippen molar-refractivity contribution in [1.29, 1.82) is 0 Å². The van der Waals surface area contributed by atoms with Crippen LogP contribution >= 0.6 is 0 Å². The predicted octanol–water partition coefficient (Wildman–Crippen LogP) is 4.50. The van der Waals surface area contributed by atoms with Crippen LogP contribution < -0.4 is 0 Å². The van der Waals surface area contributed by atoms with Gasteiger partial charge in [-0.2, -0.15) is 5.10 Å². The standard InChI is InChI=1S/C22H22N4O3/c1-13-20-16(12-17(19-7-5-11-29-19)23-21(20)25(3)24-13)22(27)26(15-8-9-15)14(2)18-6-4-10-28-18/h4-7,10-12,14-15H,8-9H2,1-3H3. The fourth-order valence-corrected chi connectivity index (χ4v) is 3.98. The van der Waals surface area contributed by atoms with Crippen LogP contribution in [0, 0.1) is 6.92 Å². The highest BCUT2D eigenvalue weighted by molar-refractivity contribution is 6.07. The van der Waals surface area contributed by atoms with E-state index >= 15 is 0 Å². The number of fused-ring (bicyclic) bond motifs is 1. The van der Waals surface area contributed by atoms with E-state index in [1.54, 1.807) is 17.2 Å². The normalized spacial score (nSPS) is 15.0. The first-order chi connectivity index (χ1) is 14.0. The van der Waals surface area contributed by atoms with Crippen LogP contribution in [0.15, 0.2) is 51.7 Å². The molecule has 4 aromatic rings. The minimum atomic E-state index is -0.155. The van der Waals surface area contributed by atoms with Crippen LogP contribution in [0.4, 0.5) is 0 Å². The number of pyridine rings is 1. The van der Waals surface area contributed by atoms with E-state index in [0.29, 0.717) is 22.7 Å². The van der Waals surface area contributed by atoms with Crippen LogP contribution in [0.3, 0.4) is 0 Å². The Kier molecular flexibility index (Phi) is 4.04. The number of amides is 1. The Morgan fingerprint density at radius 3 is 2.66 bits per heavy atom. The van der Waals surface area contributed by atoms with Gasteiger partial charge >= 0.3 is 0 Å². The number of aryl methyl sites for hydroxylation is 2. The lowest BCUT2D eigenvalue weighted by molar-refractivity contribution is 0.0654. The number of nitrogens with zero attached hydrogens (tertiary/aromatic N) is 4. The first-order valence-corrected chi connectivity index (χ1v) is 9.79. The average Bonchev–Trinajstić information content (AvgIpc) is 3.14. The summed E-state index contributed by atoms with van der Waals surface area (Å²) in [7, 11) is 1.84. The molecular formula is C22H22N4O3. The third kappa shape index (κ3) is 2.93. The Hall–Kier alpha value is -3.35. The fraction of sp³-hybridized carbons (Fsp3) is 0.318. The van der Waals surface area contributed by atoms with E-state index in [1.807, 2.05) is 56.1 Å². The molecule has 1 amide bonds. The summed E-state index contributed by atoms with van der Waals surface area (Å²) in [6.45, 7) is 3.92. The van der Waals surface area contributed by atoms with E-state index in [2.05, 4.69) is 5.10 Å². The third-order valence-corrected chi connectivity index (χ3v) is 5.52. The number of hydrogen-bond acceptors (Lipinski definition) is 5. The first-order valence-electron chi connectivity index (χ1n) is 9.79. The molecule has 1 aliphatic carbocycles. The third-order valence-electron chi connectivity index (χ3n) is 5.52. The molecule has 1 fully saturated rings. The number of hydrogen-bond donors (Lipinski definition) is 0. The smallest absolute Gasteiger partial charge is 0.255 e. The van der Waals surface area contributed by atoms with Crippen molar-refractivity contribution >= 4 is 16.9 Å². The van der Waals surface area contributed by atoms with Gasteiger partial charge < -0.3 is 13.7 Å². The van der Waals surface area contributed by atoms with Gasteiger partial charge in [0.2, 0.25) is 0 Å². The quantitative estimate of drug-likeness (QED) is 0.502. The zero-order chi connectivity index (χ0) is 20.1. The van der Waals surface area contributed by atoms with Crippen molar-refractivity contribution in [2.24, 2.45) is 7.05 Å². The molecule has 0 radical (unpaired) electrons. The van der Waals surface area contributed by atoms with E-state index < -0.39 is 0 Å². The van der Waals surface area contributed by atoms with Crippen molar-refractivity contribution in [3.8, 4) is 11.5 Å². The highest BCUT2D eigenvalue weighted by Crippen LogP contribution is 2.37. The summed E-state index contributed by atoms with van der Waals surface area (Å²) in [4.78, 5) is 20.5. The van der Waals surface area contributed by atoms with Gasteiger partial charge in [0.05, 0.1) is 35.2 Å². The molecule has 0 bridgehead atoms. The molecule has 0 saturated heterocycles. The summed E-state index contributed by atoms with van der Waals surface area (Å²) in [5, 5.41) is 5.29. The number of carbonyl (C=O) groups excluding carboxylic acids is 1. The largest absolute Gasteiger partial charge is 0.467 e. The molecule has 1 saturated carbocycles. The van der Waals surface area contributed by atoms with Crippen LogP contribution in [-0.2, 0) is 7.05 Å². The van der Waals surface area contributed by atoms with Crippen molar-refractivity contribution in [2.45, 2.75) is 38.8 Å². The number of rotatable bonds is 5. The molecule has 148 valence electrons. The lowest BCUT2D eigenvalue weighted by Gasteiger charge is -2.28. The average molecular weight is 390 g/mol.